The first-order valence-corrected chi connectivity index (χ1v) is 6.02. The van der Waals surface area contributed by atoms with Crippen molar-refractivity contribution in [3.63, 3.8) is 0 Å². The molecule has 0 spiro atoms. The van der Waals surface area contributed by atoms with Gasteiger partial charge in [-0.05, 0) is 38.0 Å². The van der Waals surface area contributed by atoms with Crippen LogP contribution in [0.15, 0.2) is 24.5 Å². The van der Waals surface area contributed by atoms with Crippen molar-refractivity contribution in [2.24, 2.45) is 0 Å². The van der Waals surface area contributed by atoms with Crippen molar-refractivity contribution in [1.29, 1.82) is 0 Å². The van der Waals surface area contributed by atoms with E-state index in [1.165, 1.54) is 12.8 Å². The lowest BCUT2D eigenvalue weighted by Crippen LogP contribution is -2.27. The number of benzene rings is 1. The van der Waals surface area contributed by atoms with Crippen LogP contribution in [0.1, 0.15) is 19.8 Å². The molecule has 0 bridgehead atoms. The molecule has 0 radical (unpaired) electrons. The van der Waals surface area contributed by atoms with E-state index in [1.54, 1.807) is 6.33 Å². The van der Waals surface area contributed by atoms with Crippen LogP contribution in [0.2, 0.25) is 0 Å². The minimum atomic E-state index is 0.561. The van der Waals surface area contributed by atoms with Gasteiger partial charge < -0.3 is 10.6 Å². The monoisotopic (exact) mass is 228 g/mol. The van der Waals surface area contributed by atoms with E-state index in [-0.39, 0.29) is 0 Å². The van der Waals surface area contributed by atoms with Gasteiger partial charge in [-0.3, -0.25) is 0 Å². The largest absolute Gasteiger partial charge is 0.399 e. The van der Waals surface area contributed by atoms with Crippen LogP contribution >= 0.6 is 0 Å². The molecule has 1 saturated heterocycles. The number of nitrogens with two attached hydrogens (primary N) is 1. The zero-order chi connectivity index (χ0) is 11.8. The summed E-state index contributed by atoms with van der Waals surface area (Å²) in [4.78, 5) is 11.1. The molecule has 1 aliphatic rings. The van der Waals surface area contributed by atoms with E-state index in [9.17, 15) is 0 Å². The van der Waals surface area contributed by atoms with E-state index in [2.05, 4.69) is 21.8 Å². The van der Waals surface area contributed by atoms with Crippen LogP contribution in [0, 0.1) is 0 Å². The third-order valence-corrected chi connectivity index (χ3v) is 3.46. The Labute approximate surface area is 100 Å². The Morgan fingerprint density at radius 1 is 1.35 bits per heavy atom. The predicted molar refractivity (Wildman–Crippen MR) is 70.0 cm³/mol. The molecule has 4 nitrogen and oxygen atoms in total. The van der Waals surface area contributed by atoms with Crippen molar-refractivity contribution in [1.82, 2.24) is 9.97 Å². The molecule has 3 rings (SSSR count). The van der Waals surface area contributed by atoms with E-state index in [0.29, 0.717) is 6.04 Å². The lowest BCUT2D eigenvalue weighted by Gasteiger charge is -2.23. The molecule has 1 unspecified atom stereocenters. The Morgan fingerprint density at radius 3 is 3.00 bits per heavy atom. The number of rotatable bonds is 1. The van der Waals surface area contributed by atoms with Gasteiger partial charge in [-0.1, -0.05) is 0 Å². The number of hydrogen-bond acceptors (Lipinski definition) is 4. The molecule has 1 atom stereocenters. The SMILES string of the molecule is CC1CCCN1c1ncnc2cc(N)ccc12. The van der Waals surface area contributed by atoms with E-state index >= 15 is 0 Å². The minimum absolute atomic E-state index is 0.561. The number of nitrogens with zero attached hydrogens (tertiary/aromatic N) is 3. The number of anilines is 2. The molecule has 2 N–H and O–H groups in total. The third kappa shape index (κ3) is 1.69. The van der Waals surface area contributed by atoms with Crippen LogP contribution in [0.5, 0.6) is 0 Å². The zero-order valence-corrected chi connectivity index (χ0v) is 9.93. The first-order valence-electron chi connectivity index (χ1n) is 6.02. The van der Waals surface area contributed by atoms with Crippen molar-refractivity contribution in [3.8, 4) is 0 Å². The van der Waals surface area contributed by atoms with Gasteiger partial charge >= 0.3 is 0 Å². The van der Waals surface area contributed by atoms with Gasteiger partial charge in [0.15, 0.2) is 0 Å². The first-order chi connectivity index (χ1) is 8.25. The molecular formula is C13H16N4. The van der Waals surface area contributed by atoms with Crippen LogP contribution < -0.4 is 10.6 Å². The highest BCUT2D eigenvalue weighted by molar-refractivity contribution is 5.91. The smallest absolute Gasteiger partial charge is 0.140 e. The lowest BCUT2D eigenvalue weighted by atomic mass is 10.2. The van der Waals surface area contributed by atoms with Gasteiger partial charge in [0.1, 0.15) is 12.1 Å². The summed E-state index contributed by atoms with van der Waals surface area (Å²) >= 11 is 0. The van der Waals surface area contributed by atoms with E-state index in [1.807, 2.05) is 18.2 Å². The van der Waals surface area contributed by atoms with Crippen molar-refractivity contribution in [3.05, 3.63) is 24.5 Å². The quantitative estimate of drug-likeness (QED) is 0.760. The van der Waals surface area contributed by atoms with E-state index < -0.39 is 0 Å². The number of nitrogen functional groups attached to an aromatic ring is 1. The second-order valence-electron chi connectivity index (χ2n) is 4.66. The maximum absolute atomic E-state index is 5.78. The summed E-state index contributed by atoms with van der Waals surface area (Å²) in [5, 5.41) is 1.09. The summed E-state index contributed by atoms with van der Waals surface area (Å²) in [6.07, 6.45) is 4.10. The Balaban J connectivity index is 2.16. The Morgan fingerprint density at radius 2 is 2.24 bits per heavy atom. The molecule has 0 amide bonds. The average molecular weight is 228 g/mol. The normalized spacial score (nSPS) is 20.1. The minimum Gasteiger partial charge on any atom is -0.399 e. The fraction of sp³-hybridized carbons (Fsp3) is 0.385. The second kappa shape index (κ2) is 3.87. The molecule has 1 aliphatic heterocycles. The molecule has 17 heavy (non-hydrogen) atoms. The molecular weight excluding hydrogens is 212 g/mol. The summed E-state index contributed by atoms with van der Waals surface area (Å²) in [5.74, 6) is 1.04. The highest BCUT2D eigenvalue weighted by atomic mass is 15.2. The molecule has 0 saturated carbocycles. The lowest BCUT2D eigenvalue weighted by molar-refractivity contribution is 0.729. The molecule has 2 heterocycles. The van der Waals surface area contributed by atoms with Crippen LogP contribution in [-0.2, 0) is 0 Å². The average Bonchev–Trinajstić information content (AvgIpc) is 2.74. The third-order valence-electron chi connectivity index (χ3n) is 3.46. The van der Waals surface area contributed by atoms with Crippen molar-refractivity contribution in [2.45, 2.75) is 25.8 Å². The molecule has 1 fully saturated rings. The topological polar surface area (TPSA) is 55.0 Å². The number of fused-ring (bicyclic) bond motifs is 1. The fourth-order valence-electron chi connectivity index (χ4n) is 2.54. The van der Waals surface area contributed by atoms with Gasteiger partial charge in [0, 0.05) is 23.7 Å². The van der Waals surface area contributed by atoms with Crippen molar-refractivity contribution in [2.75, 3.05) is 17.2 Å². The molecule has 1 aromatic heterocycles. The maximum Gasteiger partial charge on any atom is 0.140 e. The Bertz CT molecular complexity index is 552. The van der Waals surface area contributed by atoms with Gasteiger partial charge in [-0.15, -0.1) is 0 Å². The van der Waals surface area contributed by atoms with Gasteiger partial charge in [-0.2, -0.15) is 0 Å². The highest BCUT2D eigenvalue weighted by Gasteiger charge is 2.23. The summed E-state index contributed by atoms with van der Waals surface area (Å²) in [5.41, 5.74) is 7.45. The van der Waals surface area contributed by atoms with Crippen LogP contribution in [0.4, 0.5) is 11.5 Å². The van der Waals surface area contributed by atoms with Crippen molar-refractivity contribution >= 4 is 22.4 Å². The molecule has 4 heteroatoms. The standard InChI is InChI=1S/C13H16N4/c1-9-3-2-6-17(9)13-11-5-4-10(14)7-12(11)15-8-16-13/h4-5,7-9H,2-3,6,14H2,1H3. The predicted octanol–water partition coefficient (Wildman–Crippen LogP) is 2.20. The summed E-state index contributed by atoms with van der Waals surface area (Å²) < 4.78 is 0. The number of hydrogen-bond donors (Lipinski definition) is 1. The molecule has 2 aromatic rings. The summed E-state index contributed by atoms with van der Waals surface area (Å²) in [7, 11) is 0. The fourth-order valence-corrected chi connectivity index (χ4v) is 2.54. The molecule has 0 aliphatic carbocycles. The van der Waals surface area contributed by atoms with Crippen LogP contribution in [0.25, 0.3) is 10.9 Å². The zero-order valence-electron chi connectivity index (χ0n) is 9.93. The van der Waals surface area contributed by atoms with E-state index in [4.69, 9.17) is 5.73 Å². The maximum atomic E-state index is 5.78. The van der Waals surface area contributed by atoms with Gasteiger partial charge in [0.25, 0.3) is 0 Å². The summed E-state index contributed by atoms with van der Waals surface area (Å²) in [6, 6.07) is 6.40. The Hall–Kier alpha value is -1.84. The molecule has 1 aromatic carbocycles. The van der Waals surface area contributed by atoms with Crippen LogP contribution in [-0.4, -0.2) is 22.6 Å². The summed E-state index contributed by atoms with van der Waals surface area (Å²) in [6.45, 7) is 3.33. The Kier molecular flexibility index (Phi) is 2.35. The number of aromatic nitrogens is 2. The second-order valence-corrected chi connectivity index (χ2v) is 4.66. The highest BCUT2D eigenvalue weighted by Crippen LogP contribution is 2.29. The first kappa shape index (κ1) is 10.3. The van der Waals surface area contributed by atoms with Gasteiger partial charge in [0.2, 0.25) is 0 Å². The van der Waals surface area contributed by atoms with Crippen molar-refractivity contribution < 1.29 is 0 Å². The van der Waals surface area contributed by atoms with E-state index in [0.717, 1.165) is 29.0 Å². The molecule has 88 valence electrons. The van der Waals surface area contributed by atoms with Gasteiger partial charge in [-0.25, -0.2) is 9.97 Å². The van der Waals surface area contributed by atoms with Gasteiger partial charge in [0.05, 0.1) is 5.52 Å². The van der Waals surface area contributed by atoms with Crippen LogP contribution in [0.3, 0.4) is 0 Å².